The second kappa shape index (κ2) is 6.06. The smallest absolute Gasteiger partial charge is 0.337 e. The molecule has 0 amide bonds. The van der Waals surface area contributed by atoms with Crippen LogP contribution in [0.2, 0.25) is 0 Å². The second-order valence-corrected chi connectivity index (χ2v) is 5.14. The van der Waals surface area contributed by atoms with Crippen molar-refractivity contribution in [2.24, 2.45) is 0 Å². The largest absolute Gasteiger partial charge is 0.478 e. The molecule has 0 heterocycles. The molecular formula is C15H22N2O2. The zero-order chi connectivity index (χ0) is 13.8. The number of rotatable bonds is 7. The van der Waals surface area contributed by atoms with Crippen LogP contribution in [0.15, 0.2) is 18.2 Å². The van der Waals surface area contributed by atoms with E-state index < -0.39 is 5.97 Å². The van der Waals surface area contributed by atoms with Gasteiger partial charge in [0.15, 0.2) is 0 Å². The molecule has 1 aromatic rings. The average molecular weight is 262 g/mol. The highest BCUT2D eigenvalue weighted by molar-refractivity contribution is 5.94. The number of carboxylic acid groups (broad SMARTS) is 1. The first-order valence-electron chi connectivity index (χ1n) is 6.93. The van der Waals surface area contributed by atoms with E-state index in [9.17, 15) is 4.79 Å². The molecule has 1 aliphatic rings. The van der Waals surface area contributed by atoms with Gasteiger partial charge in [0.05, 0.1) is 5.56 Å². The summed E-state index contributed by atoms with van der Waals surface area (Å²) in [6.07, 6.45) is 2.61. The Morgan fingerprint density at radius 2 is 2.21 bits per heavy atom. The lowest BCUT2D eigenvalue weighted by molar-refractivity contribution is 0.0698. The van der Waals surface area contributed by atoms with Crippen molar-refractivity contribution in [1.29, 1.82) is 0 Å². The lowest BCUT2D eigenvalue weighted by atomic mass is 10.1. The van der Waals surface area contributed by atoms with Crippen molar-refractivity contribution in [2.45, 2.75) is 32.7 Å². The zero-order valence-corrected chi connectivity index (χ0v) is 11.6. The number of hydrogen-bond donors (Lipinski definition) is 2. The highest BCUT2D eigenvalue weighted by atomic mass is 16.4. The van der Waals surface area contributed by atoms with Gasteiger partial charge in [0.25, 0.3) is 0 Å². The summed E-state index contributed by atoms with van der Waals surface area (Å²) in [5, 5.41) is 12.4. The summed E-state index contributed by atoms with van der Waals surface area (Å²) in [5.74, 6) is -0.878. The molecule has 1 aliphatic carbocycles. The third-order valence-corrected chi connectivity index (χ3v) is 3.59. The van der Waals surface area contributed by atoms with Crippen molar-refractivity contribution in [2.75, 3.05) is 25.0 Å². The maximum atomic E-state index is 11.2. The van der Waals surface area contributed by atoms with Gasteiger partial charge >= 0.3 is 5.97 Å². The lowest BCUT2D eigenvalue weighted by Crippen LogP contribution is -2.31. The van der Waals surface area contributed by atoms with Gasteiger partial charge in [0.2, 0.25) is 0 Å². The molecule has 4 nitrogen and oxygen atoms in total. The third kappa shape index (κ3) is 3.70. The molecule has 0 spiro atoms. The van der Waals surface area contributed by atoms with Crippen LogP contribution in [0.25, 0.3) is 0 Å². The molecule has 0 aromatic heterocycles. The predicted molar refractivity (Wildman–Crippen MR) is 76.9 cm³/mol. The van der Waals surface area contributed by atoms with Gasteiger partial charge in [-0.25, -0.2) is 4.79 Å². The van der Waals surface area contributed by atoms with Crippen LogP contribution in [-0.2, 0) is 0 Å². The monoisotopic (exact) mass is 262 g/mol. The van der Waals surface area contributed by atoms with Crippen LogP contribution in [-0.4, -0.2) is 41.7 Å². The van der Waals surface area contributed by atoms with E-state index in [1.54, 1.807) is 6.07 Å². The standard InChI is InChI=1S/C15H22N2O2/c1-3-17(12-5-6-12)9-8-16-14-10-11(2)4-7-13(14)15(18)19/h4,7,10,12,16H,3,5-6,8-9H2,1-2H3,(H,18,19). The molecule has 19 heavy (non-hydrogen) atoms. The van der Waals surface area contributed by atoms with Gasteiger partial charge in [0.1, 0.15) is 0 Å². The number of nitrogens with zero attached hydrogens (tertiary/aromatic N) is 1. The van der Waals surface area contributed by atoms with E-state index in [2.05, 4.69) is 17.1 Å². The van der Waals surface area contributed by atoms with Crippen LogP contribution in [0.5, 0.6) is 0 Å². The Morgan fingerprint density at radius 1 is 1.47 bits per heavy atom. The van der Waals surface area contributed by atoms with E-state index in [1.807, 2.05) is 19.1 Å². The zero-order valence-electron chi connectivity index (χ0n) is 11.6. The van der Waals surface area contributed by atoms with Crippen molar-refractivity contribution in [3.63, 3.8) is 0 Å². The van der Waals surface area contributed by atoms with E-state index >= 15 is 0 Å². The van der Waals surface area contributed by atoms with Crippen molar-refractivity contribution in [1.82, 2.24) is 4.90 Å². The van der Waals surface area contributed by atoms with Crippen LogP contribution in [0, 0.1) is 6.92 Å². The maximum absolute atomic E-state index is 11.2. The Kier molecular flexibility index (Phi) is 4.43. The molecule has 4 heteroatoms. The minimum absolute atomic E-state index is 0.347. The molecule has 2 N–H and O–H groups in total. The molecule has 0 saturated heterocycles. The molecule has 2 rings (SSSR count). The van der Waals surface area contributed by atoms with Crippen molar-refractivity contribution < 1.29 is 9.90 Å². The predicted octanol–water partition coefficient (Wildman–Crippen LogP) is 2.59. The quantitative estimate of drug-likeness (QED) is 0.793. The fraction of sp³-hybridized carbons (Fsp3) is 0.533. The molecule has 1 saturated carbocycles. The number of anilines is 1. The molecule has 0 bridgehead atoms. The number of aryl methyl sites for hydroxylation is 1. The van der Waals surface area contributed by atoms with Crippen LogP contribution >= 0.6 is 0 Å². The summed E-state index contributed by atoms with van der Waals surface area (Å²) in [4.78, 5) is 13.6. The summed E-state index contributed by atoms with van der Waals surface area (Å²) in [5.41, 5.74) is 2.14. The molecule has 104 valence electrons. The van der Waals surface area contributed by atoms with Crippen molar-refractivity contribution in [3.8, 4) is 0 Å². The van der Waals surface area contributed by atoms with Gasteiger partial charge < -0.3 is 10.4 Å². The topological polar surface area (TPSA) is 52.6 Å². The van der Waals surface area contributed by atoms with Crippen LogP contribution in [0.1, 0.15) is 35.7 Å². The van der Waals surface area contributed by atoms with Gasteiger partial charge in [-0.2, -0.15) is 0 Å². The summed E-state index contributed by atoms with van der Waals surface area (Å²) in [6.45, 7) is 6.96. The van der Waals surface area contributed by atoms with Crippen molar-refractivity contribution in [3.05, 3.63) is 29.3 Å². The van der Waals surface area contributed by atoms with Gasteiger partial charge in [-0.1, -0.05) is 13.0 Å². The second-order valence-electron chi connectivity index (χ2n) is 5.14. The van der Waals surface area contributed by atoms with Gasteiger partial charge in [-0.05, 0) is 44.0 Å². The number of carboxylic acids is 1. The van der Waals surface area contributed by atoms with Crippen LogP contribution in [0.3, 0.4) is 0 Å². The molecular weight excluding hydrogens is 240 g/mol. The Morgan fingerprint density at radius 3 is 2.79 bits per heavy atom. The fourth-order valence-corrected chi connectivity index (χ4v) is 2.36. The number of likely N-dealkylation sites (N-methyl/N-ethyl adjacent to an activating group) is 1. The highest BCUT2D eigenvalue weighted by Crippen LogP contribution is 2.26. The van der Waals surface area contributed by atoms with E-state index in [0.29, 0.717) is 5.56 Å². The number of carbonyl (C=O) groups is 1. The average Bonchev–Trinajstić information content (AvgIpc) is 3.18. The van der Waals surface area contributed by atoms with Crippen LogP contribution < -0.4 is 5.32 Å². The Hall–Kier alpha value is -1.55. The summed E-state index contributed by atoms with van der Waals surface area (Å²) >= 11 is 0. The van der Waals surface area contributed by atoms with Gasteiger partial charge in [-0.3, -0.25) is 4.90 Å². The molecule has 1 aromatic carbocycles. The van der Waals surface area contributed by atoms with E-state index in [1.165, 1.54) is 12.8 Å². The molecule has 0 radical (unpaired) electrons. The van der Waals surface area contributed by atoms with Crippen LogP contribution in [0.4, 0.5) is 5.69 Å². The van der Waals surface area contributed by atoms with Crippen molar-refractivity contribution >= 4 is 11.7 Å². The van der Waals surface area contributed by atoms with E-state index in [-0.39, 0.29) is 0 Å². The number of nitrogens with one attached hydrogen (secondary N) is 1. The summed E-state index contributed by atoms with van der Waals surface area (Å²) in [7, 11) is 0. The minimum Gasteiger partial charge on any atom is -0.478 e. The van der Waals surface area contributed by atoms with E-state index in [4.69, 9.17) is 5.11 Å². The minimum atomic E-state index is -0.878. The Labute approximate surface area is 114 Å². The Balaban J connectivity index is 1.94. The van der Waals surface area contributed by atoms with Gasteiger partial charge in [-0.15, -0.1) is 0 Å². The van der Waals surface area contributed by atoms with Gasteiger partial charge in [0, 0.05) is 24.8 Å². The van der Waals surface area contributed by atoms with E-state index in [0.717, 1.165) is 36.9 Å². The first-order chi connectivity index (χ1) is 9.11. The first-order valence-corrected chi connectivity index (χ1v) is 6.93. The SMILES string of the molecule is CCN(CCNc1cc(C)ccc1C(=O)O)C1CC1. The number of benzene rings is 1. The summed E-state index contributed by atoms with van der Waals surface area (Å²) in [6, 6.07) is 6.15. The molecule has 0 unspecified atom stereocenters. The lowest BCUT2D eigenvalue weighted by Gasteiger charge is -2.20. The molecule has 0 aliphatic heterocycles. The highest BCUT2D eigenvalue weighted by Gasteiger charge is 2.27. The molecule has 0 atom stereocenters. The maximum Gasteiger partial charge on any atom is 0.337 e. The third-order valence-electron chi connectivity index (χ3n) is 3.59. The molecule has 1 fully saturated rings. The fourth-order valence-electron chi connectivity index (χ4n) is 2.36. The first kappa shape index (κ1) is 13.9. The number of hydrogen-bond acceptors (Lipinski definition) is 3. The normalized spacial score (nSPS) is 14.7. The Bertz CT molecular complexity index is 455. The summed E-state index contributed by atoms with van der Waals surface area (Å²) < 4.78 is 0. The number of aromatic carboxylic acids is 1.